The molecule has 2 N–H and O–H groups in total. The molecule has 0 radical (unpaired) electrons. The maximum absolute atomic E-state index is 11.8. The summed E-state index contributed by atoms with van der Waals surface area (Å²) in [5.41, 5.74) is 0. The zero-order chi connectivity index (χ0) is 11.7. The molecule has 15 heavy (non-hydrogen) atoms. The zero-order valence-corrected chi connectivity index (χ0v) is 9.11. The van der Waals surface area contributed by atoms with Crippen molar-refractivity contribution in [3.8, 4) is 0 Å². The van der Waals surface area contributed by atoms with Crippen LogP contribution in [0.5, 0.6) is 0 Å². The van der Waals surface area contributed by atoms with E-state index >= 15 is 0 Å². The van der Waals surface area contributed by atoms with Crippen molar-refractivity contribution in [3.63, 3.8) is 0 Å². The lowest BCUT2D eigenvalue weighted by atomic mass is 10.1. The van der Waals surface area contributed by atoms with Gasteiger partial charge in [-0.25, -0.2) is 0 Å². The van der Waals surface area contributed by atoms with Gasteiger partial charge in [0.05, 0.1) is 0 Å². The number of unbranched alkanes of at least 4 members (excludes halogenated alkanes) is 1. The van der Waals surface area contributed by atoms with Gasteiger partial charge in [0, 0.05) is 19.1 Å². The normalized spacial score (nSPS) is 14.2. The summed E-state index contributed by atoms with van der Waals surface area (Å²) in [6.07, 6.45) is -2.40. The van der Waals surface area contributed by atoms with Crippen molar-refractivity contribution in [2.45, 2.75) is 51.2 Å². The second-order valence-electron chi connectivity index (χ2n) is 3.79. The van der Waals surface area contributed by atoms with Crippen LogP contribution in [0.3, 0.4) is 0 Å². The molecule has 0 aliphatic rings. The van der Waals surface area contributed by atoms with Gasteiger partial charge in [0.15, 0.2) is 0 Å². The number of hydrogen-bond donors (Lipinski definition) is 2. The molecule has 0 spiro atoms. The average molecular weight is 227 g/mol. The number of hydrogen-bond acceptors (Lipinski definition) is 2. The molecule has 2 nitrogen and oxygen atoms in total. The molecule has 0 fully saturated rings. The van der Waals surface area contributed by atoms with Crippen molar-refractivity contribution in [3.05, 3.63) is 0 Å². The number of halogens is 3. The molecule has 0 aliphatic heterocycles. The van der Waals surface area contributed by atoms with Crippen LogP contribution in [-0.4, -0.2) is 30.5 Å². The molecule has 0 saturated carbocycles. The first-order chi connectivity index (χ1) is 6.95. The molecule has 0 amide bonds. The Morgan fingerprint density at radius 1 is 1.20 bits per heavy atom. The van der Waals surface area contributed by atoms with Gasteiger partial charge < -0.3 is 10.4 Å². The van der Waals surface area contributed by atoms with Gasteiger partial charge in [0.2, 0.25) is 0 Å². The fraction of sp³-hybridized carbons (Fsp3) is 1.00. The summed E-state index contributed by atoms with van der Waals surface area (Å²) in [5, 5.41) is 11.7. The molecular weight excluding hydrogens is 207 g/mol. The highest BCUT2D eigenvalue weighted by Crippen LogP contribution is 2.21. The molecule has 0 bridgehead atoms. The van der Waals surface area contributed by atoms with E-state index in [0.29, 0.717) is 13.0 Å². The molecule has 0 aliphatic carbocycles. The van der Waals surface area contributed by atoms with E-state index in [1.54, 1.807) is 0 Å². The van der Waals surface area contributed by atoms with E-state index in [0.717, 1.165) is 12.8 Å². The molecule has 0 aromatic rings. The van der Waals surface area contributed by atoms with Gasteiger partial charge in [-0.3, -0.25) is 0 Å². The summed E-state index contributed by atoms with van der Waals surface area (Å²) in [6.45, 7) is 2.75. The highest BCUT2D eigenvalue weighted by Gasteiger charge is 2.25. The standard InChI is InChI=1S/C10H20F3NO/c1-9(5-4-8-15)14-7-3-2-6-10(11,12)13/h9,14-15H,2-8H2,1H3. The van der Waals surface area contributed by atoms with E-state index in [1.165, 1.54) is 0 Å². The Morgan fingerprint density at radius 2 is 1.87 bits per heavy atom. The topological polar surface area (TPSA) is 32.3 Å². The second kappa shape index (κ2) is 7.93. The largest absolute Gasteiger partial charge is 0.396 e. The van der Waals surface area contributed by atoms with Gasteiger partial charge in [-0.1, -0.05) is 0 Å². The first-order valence-electron chi connectivity index (χ1n) is 5.36. The fourth-order valence-electron chi connectivity index (χ4n) is 1.30. The number of aliphatic hydroxyl groups is 1. The van der Waals surface area contributed by atoms with E-state index in [2.05, 4.69) is 5.32 Å². The van der Waals surface area contributed by atoms with Crippen LogP contribution in [0, 0.1) is 0 Å². The zero-order valence-electron chi connectivity index (χ0n) is 9.11. The molecule has 5 heteroatoms. The lowest BCUT2D eigenvalue weighted by Gasteiger charge is -2.13. The van der Waals surface area contributed by atoms with Crippen molar-refractivity contribution in [1.82, 2.24) is 5.32 Å². The van der Waals surface area contributed by atoms with Crippen molar-refractivity contribution in [2.75, 3.05) is 13.2 Å². The Hall–Kier alpha value is -0.290. The van der Waals surface area contributed by atoms with Crippen LogP contribution in [0.2, 0.25) is 0 Å². The Balaban J connectivity index is 3.23. The van der Waals surface area contributed by atoms with Crippen molar-refractivity contribution in [2.24, 2.45) is 0 Å². The van der Waals surface area contributed by atoms with Crippen LogP contribution in [0.1, 0.15) is 39.0 Å². The van der Waals surface area contributed by atoms with Gasteiger partial charge in [-0.15, -0.1) is 0 Å². The molecule has 1 unspecified atom stereocenters. The summed E-state index contributed by atoms with van der Waals surface area (Å²) in [5.74, 6) is 0. The Labute approximate surface area is 88.9 Å². The van der Waals surface area contributed by atoms with Crippen molar-refractivity contribution < 1.29 is 18.3 Å². The summed E-state index contributed by atoms with van der Waals surface area (Å²) in [7, 11) is 0. The van der Waals surface area contributed by atoms with Gasteiger partial charge >= 0.3 is 6.18 Å². The van der Waals surface area contributed by atoms with E-state index in [9.17, 15) is 13.2 Å². The molecule has 0 saturated heterocycles. The SMILES string of the molecule is CC(CCCO)NCCCCC(F)(F)F. The molecule has 0 aromatic heterocycles. The summed E-state index contributed by atoms with van der Waals surface area (Å²) >= 11 is 0. The summed E-state index contributed by atoms with van der Waals surface area (Å²) in [4.78, 5) is 0. The molecule has 0 aromatic carbocycles. The molecule has 0 heterocycles. The minimum atomic E-state index is -4.03. The van der Waals surface area contributed by atoms with Gasteiger partial charge in [-0.2, -0.15) is 13.2 Å². The number of nitrogens with one attached hydrogen (secondary N) is 1. The van der Waals surface area contributed by atoms with Gasteiger partial charge in [0.25, 0.3) is 0 Å². The maximum atomic E-state index is 11.8. The Kier molecular flexibility index (Phi) is 7.78. The molecule has 92 valence electrons. The van der Waals surface area contributed by atoms with E-state index < -0.39 is 12.6 Å². The number of alkyl halides is 3. The highest BCUT2D eigenvalue weighted by molar-refractivity contribution is 4.61. The quantitative estimate of drug-likeness (QED) is 0.624. The minimum absolute atomic E-state index is 0.167. The lowest BCUT2D eigenvalue weighted by molar-refractivity contribution is -0.135. The Bertz CT molecular complexity index is 150. The predicted octanol–water partition coefficient (Wildman–Crippen LogP) is 2.47. The summed E-state index contributed by atoms with van der Waals surface area (Å²) in [6, 6.07) is 0.267. The average Bonchev–Trinajstić information content (AvgIpc) is 2.12. The van der Waals surface area contributed by atoms with Crippen LogP contribution in [0.25, 0.3) is 0 Å². The molecular formula is C10H20F3NO. The maximum Gasteiger partial charge on any atom is 0.389 e. The van der Waals surface area contributed by atoms with Crippen LogP contribution in [0.15, 0.2) is 0 Å². The van der Waals surface area contributed by atoms with Gasteiger partial charge in [0.1, 0.15) is 0 Å². The van der Waals surface area contributed by atoms with Crippen LogP contribution in [0.4, 0.5) is 13.2 Å². The lowest BCUT2D eigenvalue weighted by Crippen LogP contribution is -2.27. The van der Waals surface area contributed by atoms with Crippen molar-refractivity contribution in [1.29, 1.82) is 0 Å². The smallest absolute Gasteiger partial charge is 0.389 e. The van der Waals surface area contributed by atoms with Crippen LogP contribution >= 0.6 is 0 Å². The molecule has 0 rings (SSSR count). The first-order valence-corrected chi connectivity index (χ1v) is 5.36. The van der Waals surface area contributed by atoms with Gasteiger partial charge in [-0.05, 0) is 39.2 Å². The van der Waals surface area contributed by atoms with E-state index in [-0.39, 0.29) is 19.1 Å². The number of aliphatic hydroxyl groups excluding tert-OH is 1. The Morgan fingerprint density at radius 3 is 2.40 bits per heavy atom. The van der Waals surface area contributed by atoms with Crippen LogP contribution in [-0.2, 0) is 0 Å². The third-order valence-corrected chi connectivity index (χ3v) is 2.18. The molecule has 1 atom stereocenters. The number of rotatable bonds is 8. The van der Waals surface area contributed by atoms with Crippen LogP contribution < -0.4 is 5.32 Å². The second-order valence-corrected chi connectivity index (χ2v) is 3.79. The fourth-order valence-corrected chi connectivity index (χ4v) is 1.30. The third-order valence-electron chi connectivity index (χ3n) is 2.18. The third kappa shape index (κ3) is 11.6. The summed E-state index contributed by atoms with van der Waals surface area (Å²) < 4.78 is 35.3. The predicted molar refractivity (Wildman–Crippen MR) is 53.7 cm³/mol. The minimum Gasteiger partial charge on any atom is -0.396 e. The first kappa shape index (κ1) is 14.7. The van der Waals surface area contributed by atoms with E-state index in [1.807, 2.05) is 6.92 Å². The van der Waals surface area contributed by atoms with E-state index in [4.69, 9.17) is 5.11 Å². The highest BCUT2D eigenvalue weighted by atomic mass is 19.4. The monoisotopic (exact) mass is 227 g/mol. The van der Waals surface area contributed by atoms with Crippen molar-refractivity contribution >= 4 is 0 Å².